The van der Waals surface area contributed by atoms with Crippen LogP contribution in [0.4, 0.5) is 0 Å². The monoisotopic (exact) mass is 306 g/mol. The molecule has 110 valence electrons. The van der Waals surface area contributed by atoms with Gasteiger partial charge in [0.05, 0.1) is 0 Å². The number of hydrogen-bond acceptors (Lipinski definition) is 2. The van der Waals surface area contributed by atoms with Gasteiger partial charge in [0.15, 0.2) is 5.78 Å². The minimum absolute atomic E-state index is 0.137. The Bertz CT molecular complexity index is 783. The molecule has 1 aliphatic heterocycles. The summed E-state index contributed by atoms with van der Waals surface area (Å²) in [6, 6.07) is 8.75. The van der Waals surface area contributed by atoms with E-state index in [1.807, 2.05) is 11.8 Å². The quantitative estimate of drug-likeness (QED) is 0.636. The van der Waals surface area contributed by atoms with Gasteiger partial charge in [-0.3, -0.25) is 4.79 Å². The lowest BCUT2D eigenvalue weighted by atomic mass is 9.94. The van der Waals surface area contributed by atoms with Crippen LogP contribution in [0, 0.1) is 17.8 Å². The van der Waals surface area contributed by atoms with E-state index in [2.05, 4.69) is 49.4 Å². The number of benzene rings is 1. The summed E-state index contributed by atoms with van der Waals surface area (Å²) in [7, 11) is 0. The molecule has 4 atom stereocenters. The highest BCUT2D eigenvalue weighted by Gasteiger charge is 2.55. The molecule has 2 heteroatoms. The molecule has 2 saturated carbocycles. The van der Waals surface area contributed by atoms with E-state index in [-0.39, 0.29) is 5.92 Å². The van der Waals surface area contributed by atoms with E-state index in [1.165, 1.54) is 20.9 Å². The van der Waals surface area contributed by atoms with Gasteiger partial charge in [-0.1, -0.05) is 60.7 Å². The van der Waals surface area contributed by atoms with Crippen LogP contribution < -0.4 is 0 Å². The standard InChI is InChI=1S/C20H18OS/c1-11-17-14-8-4-5-9-16(14)22-20(18(11)17)15-10-12-6-2-3-7-13(12)19(15)21/h2-6,8-9,11,13,17-18H,7,10H2,1H3/b20-15-/t11?,13?,17-,18?/m0/s1. The van der Waals surface area contributed by atoms with E-state index in [9.17, 15) is 4.79 Å². The van der Waals surface area contributed by atoms with Gasteiger partial charge in [-0.15, -0.1) is 0 Å². The first kappa shape index (κ1) is 13.0. The fraction of sp³-hybridized carbons (Fsp3) is 0.350. The van der Waals surface area contributed by atoms with Gasteiger partial charge in [0.2, 0.25) is 0 Å². The van der Waals surface area contributed by atoms with Crippen LogP contribution in [0.1, 0.15) is 31.2 Å². The molecule has 0 N–H and O–H groups in total. The van der Waals surface area contributed by atoms with Crippen molar-refractivity contribution in [1.82, 2.24) is 0 Å². The second-order valence-electron chi connectivity index (χ2n) is 6.89. The van der Waals surface area contributed by atoms with E-state index in [0.717, 1.165) is 18.4 Å². The van der Waals surface area contributed by atoms with Crippen molar-refractivity contribution < 1.29 is 4.79 Å². The number of carbonyl (C=O) groups is 1. The maximum atomic E-state index is 12.9. The van der Waals surface area contributed by atoms with Gasteiger partial charge in [0.1, 0.15) is 0 Å². The first-order chi connectivity index (χ1) is 10.8. The fourth-order valence-electron chi connectivity index (χ4n) is 4.48. The first-order valence-corrected chi connectivity index (χ1v) is 8.97. The summed E-state index contributed by atoms with van der Waals surface area (Å²) in [5.41, 5.74) is 3.95. The minimum atomic E-state index is 0.137. The Labute approximate surface area is 135 Å². The highest BCUT2D eigenvalue weighted by molar-refractivity contribution is 8.03. The van der Waals surface area contributed by atoms with Gasteiger partial charge in [0.25, 0.3) is 0 Å². The van der Waals surface area contributed by atoms with Gasteiger partial charge >= 0.3 is 0 Å². The molecule has 1 aromatic rings. The summed E-state index contributed by atoms with van der Waals surface area (Å²) in [5.74, 6) is 2.45. The van der Waals surface area contributed by atoms with Crippen molar-refractivity contribution in [2.75, 3.05) is 0 Å². The number of hydrogen-bond donors (Lipinski definition) is 0. The van der Waals surface area contributed by atoms with Crippen LogP contribution in [-0.4, -0.2) is 5.78 Å². The highest BCUT2D eigenvalue weighted by Crippen LogP contribution is 2.67. The molecule has 3 unspecified atom stereocenters. The second-order valence-corrected chi connectivity index (χ2v) is 7.98. The van der Waals surface area contributed by atoms with Crippen molar-refractivity contribution in [1.29, 1.82) is 0 Å². The molecule has 0 radical (unpaired) electrons. The number of rotatable bonds is 0. The number of ketones is 1. The maximum Gasteiger partial charge on any atom is 0.167 e. The second kappa shape index (κ2) is 4.48. The Morgan fingerprint density at radius 3 is 2.91 bits per heavy atom. The molecule has 22 heavy (non-hydrogen) atoms. The van der Waals surface area contributed by atoms with Gasteiger partial charge in [0, 0.05) is 27.2 Å². The summed E-state index contributed by atoms with van der Waals surface area (Å²) in [4.78, 5) is 15.6. The third-order valence-corrected chi connectivity index (χ3v) is 7.07. The summed E-state index contributed by atoms with van der Waals surface area (Å²) in [6.45, 7) is 2.34. The van der Waals surface area contributed by atoms with E-state index in [1.54, 1.807) is 0 Å². The number of thioether (sulfide) groups is 1. The van der Waals surface area contributed by atoms with E-state index >= 15 is 0 Å². The van der Waals surface area contributed by atoms with Crippen LogP contribution in [0.2, 0.25) is 0 Å². The molecule has 1 nitrogen and oxygen atoms in total. The van der Waals surface area contributed by atoms with Crippen LogP contribution in [0.5, 0.6) is 0 Å². The Morgan fingerprint density at radius 2 is 2.05 bits per heavy atom. The lowest BCUT2D eigenvalue weighted by Crippen LogP contribution is -2.11. The van der Waals surface area contributed by atoms with Crippen molar-refractivity contribution in [2.45, 2.75) is 30.6 Å². The Hall–Kier alpha value is -1.54. The van der Waals surface area contributed by atoms with E-state index < -0.39 is 0 Å². The van der Waals surface area contributed by atoms with Crippen molar-refractivity contribution >= 4 is 17.5 Å². The molecule has 2 fully saturated rings. The molecule has 0 saturated heterocycles. The summed E-state index contributed by atoms with van der Waals surface area (Å²) in [6.07, 6.45) is 8.18. The van der Waals surface area contributed by atoms with Crippen molar-refractivity contribution in [2.24, 2.45) is 17.8 Å². The summed E-state index contributed by atoms with van der Waals surface area (Å²) in [5, 5.41) is 0. The number of Topliss-reactive ketones (excluding diaryl/α,β-unsaturated/α-hetero) is 1. The zero-order valence-electron chi connectivity index (χ0n) is 12.6. The molecule has 4 aliphatic rings. The maximum absolute atomic E-state index is 12.9. The predicted octanol–water partition coefficient (Wildman–Crippen LogP) is 4.87. The summed E-state index contributed by atoms with van der Waals surface area (Å²) >= 11 is 1.87. The number of allylic oxidation sites excluding steroid dienone is 6. The molecular formula is C20H18OS. The average molecular weight is 306 g/mol. The van der Waals surface area contributed by atoms with E-state index in [0.29, 0.717) is 23.5 Å². The van der Waals surface area contributed by atoms with Gasteiger partial charge in [-0.25, -0.2) is 0 Å². The number of carbonyl (C=O) groups excluding carboxylic acids is 1. The first-order valence-electron chi connectivity index (χ1n) is 8.15. The van der Waals surface area contributed by atoms with Crippen LogP contribution in [0.25, 0.3) is 0 Å². The molecule has 5 rings (SSSR count). The van der Waals surface area contributed by atoms with Crippen LogP contribution in [0.3, 0.4) is 0 Å². The topological polar surface area (TPSA) is 17.1 Å². The molecule has 1 aromatic carbocycles. The predicted molar refractivity (Wildman–Crippen MR) is 89.7 cm³/mol. The highest BCUT2D eigenvalue weighted by atomic mass is 32.2. The van der Waals surface area contributed by atoms with Gasteiger partial charge < -0.3 is 0 Å². The van der Waals surface area contributed by atoms with Crippen LogP contribution in [-0.2, 0) is 4.79 Å². The average Bonchev–Trinajstić information content (AvgIpc) is 3.12. The van der Waals surface area contributed by atoms with E-state index in [4.69, 9.17) is 0 Å². The molecule has 1 heterocycles. The zero-order valence-corrected chi connectivity index (χ0v) is 13.4. The van der Waals surface area contributed by atoms with Crippen LogP contribution in [0.15, 0.2) is 63.4 Å². The molecule has 0 spiro atoms. The molecule has 0 amide bonds. The van der Waals surface area contributed by atoms with Crippen molar-refractivity contribution in [3.63, 3.8) is 0 Å². The smallest absolute Gasteiger partial charge is 0.167 e. The summed E-state index contributed by atoms with van der Waals surface area (Å²) < 4.78 is 0. The lowest BCUT2D eigenvalue weighted by Gasteiger charge is -2.18. The molecular weight excluding hydrogens is 288 g/mol. The Balaban J connectivity index is 1.61. The third kappa shape index (κ3) is 1.65. The molecule has 3 aliphatic carbocycles. The molecule has 0 aromatic heterocycles. The lowest BCUT2D eigenvalue weighted by molar-refractivity contribution is -0.117. The zero-order chi connectivity index (χ0) is 14.8. The molecule has 0 bridgehead atoms. The third-order valence-electron chi connectivity index (χ3n) is 5.74. The Kier molecular flexibility index (Phi) is 2.64. The Morgan fingerprint density at radius 1 is 1.18 bits per heavy atom. The SMILES string of the molecule is CC1C2/C(=C3\CC4=CC=CCC4C3=O)Sc3ccccc3[C@H]12. The largest absolute Gasteiger partial charge is 0.294 e. The van der Waals surface area contributed by atoms with Crippen molar-refractivity contribution in [3.05, 3.63) is 64.1 Å². The van der Waals surface area contributed by atoms with Crippen molar-refractivity contribution in [3.8, 4) is 0 Å². The number of fused-ring (bicyclic) bond motifs is 4. The van der Waals surface area contributed by atoms with Gasteiger partial charge in [-0.2, -0.15) is 0 Å². The minimum Gasteiger partial charge on any atom is -0.294 e. The van der Waals surface area contributed by atoms with Crippen LogP contribution >= 0.6 is 11.8 Å². The van der Waals surface area contributed by atoms with Gasteiger partial charge in [-0.05, 0) is 36.3 Å². The normalized spacial score (nSPS) is 38.2. The fourth-order valence-corrected chi connectivity index (χ4v) is 5.98.